The Morgan fingerprint density at radius 3 is 2.88 bits per heavy atom. The molecule has 1 aliphatic heterocycles. The SMILES string of the molecule is CCNC(=O)C(C)(C)CNC1=NCCCN1. The van der Waals surface area contributed by atoms with Gasteiger partial charge in [0.15, 0.2) is 5.96 Å². The van der Waals surface area contributed by atoms with Crippen molar-refractivity contribution >= 4 is 11.9 Å². The van der Waals surface area contributed by atoms with Gasteiger partial charge in [-0.25, -0.2) is 0 Å². The standard InChI is InChI=1S/C11H22N4O/c1-4-12-9(16)11(2,3)8-15-10-13-6-5-7-14-10/h4-8H2,1-3H3,(H,12,16)(H2,13,14,15). The Hall–Kier alpha value is -1.26. The molecule has 5 nitrogen and oxygen atoms in total. The monoisotopic (exact) mass is 226 g/mol. The first kappa shape index (κ1) is 12.8. The highest BCUT2D eigenvalue weighted by Crippen LogP contribution is 2.13. The number of hydrogen-bond acceptors (Lipinski definition) is 4. The maximum atomic E-state index is 11.7. The van der Waals surface area contributed by atoms with Crippen LogP contribution in [0.25, 0.3) is 0 Å². The summed E-state index contributed by atoms with van der Waals surface area (Å²) in [5, 5.41) is 9.18. The fourth-order valence-corrected chi connectivity index (χ4v) is 1.44. The molecule has 16 heavy (non-hydrogen) atoms. The molecule has 1 amide bonds. The number of rotatable bonds is 4. The van der Waals surface area contributed by atoms with Crippen molar-refractivity contribution in [1.29, 1.82) is 0 Å². The van der Waals surface area contributed by atoms with E-state index in [1.807, 2.05) is 20.8 Å². The number of hydrogen-bond donors (Lipinski definition) is 3. The molecular formula is C11H22N4O. The van der Waals surface area contributed by atoms with Gasteiger partial charge in [-0.2, -0.15) is 0 Å². The molecule has 0 saturated heterocycles. The van der Waals surface area contributed by atoms with Crippen molar-refractivity contribution < 1.29 is 4.79 Å². The van der Waals surface area contributed by atoms with E-state index in [1.54, 1.807) is 0 Å². The van der Waals surface area contributed by atoms with E-state index in [4.69, 9.17) is 0 Å². The van der Waals surface area contributed by atoms with E-state index in [1.165, 1.54) is 0 Å². The average Bonchev–Trinajstić information content (AvgIpc) is 2.28. The summed E-state index contributed by atoms with van der Waals surface area (Å²) in [7, 11) is 0. The average molecular weight is 226 g/mol. The van der Waals surface area contributed by atoms with Gasteiger partial charge in [0.25, 0.3) is 0 Å². The van der Waals surface area contributed by atoms with Crippen molar-refractivity contribution in [2.45, 2.75) is 27.2 Å². The number of carbonyl (C=O) groups is 1. The first-order chi connectivity index (χ1) is 7.56. The number of guanidine groups is 1. The second kappa shape index (κ2) is 5.72. The minimum absolute atomic E-state index is 0.0684. The van der Waals surface area contributed by atoms with Crippen LogP contribution in [0.2, 0.25) is 0 Å². The summed E-state index contributed by atoms with van der Waals surface area (Å²) in [6.07, 6.45) is 1.07. The van der Waals surface area contributed by atoms with Crippen LogP contribution < -0.4 is 16.0 Å². The number of nitrogens with zero attached hydrogens (tertiary/aromatic N) is 1. The lowest BCUT2D eigenvalue weighted by Crippen LogP contribution is -2.49. The minimum atomic E-state index is -0.419. The van der Waals surface area contributed by atoms with Crippen LogP contribution in [0.4, 0.5) is 0 Å². The van der Waals surface area contributed by atoms with Gasteiger partial charge in [0, 0.05) is 26.2 Å². The van der Waals surface area contributed by atoms with Gasteiger partial charge in [-0.3, -0.25) is 9.79 Å². The van der Waals surface area contributed by atoms with Crippen molar-refractivity contribution in [1.82, 2.24) is 16.0 Å². The summed E-state index contributed by atoms with van der Waals surface area (Å²) < 4.78 is 0. The molecule has 1 heterocycles. The van der Waals surface area contributed by atoms with Gasteiger partial charge in [0.1, 0.15) is 0 Å². The Morgan fingerprint density at radius 2 is 2.31 bits per heavy atom. The molecule has 0 fully saturated rings. The molecule has 0 aromatic rings. The van der Waals surface area contributed by atoms with Crippen molar-refractivity contribution in [3.63, 3.8) is 0 Å². The third-order valence-electron chi connectivity index (χ3n) is 2.55. The smallest absolute Gasteiger partial charge is 0.227 e. The van der Waals surface area contributed by atoms with E-state index in [0.29, 0.717) is 13.1 Å². The molecule has 0 bridgehead atoms. The van der Waals surface area contributed by atoms with Crippen molar-refractivity contribution in [2.75, 3.05) is 26.2 Å². The molecule has 0 spiro atoms. The molecule has 0 unspecified atom stereocenters. The second-order valence-electron chi connectivity index (χ2n) is 4.61. The molecule has 0 aromatic heterocycles. The van der Waals surface area contributed by atoms with E-state index in [0.717, 1.165) is 25.5 Å². The Kier molecular flexibility index (Phi) is 4.58. The third-order valence-corrected chi connectivity index (χ3v) is 2.55. The number of nitrogens with one attached hydrogen (secondary N) is 3. The van der Waals surface area contributed by atoms with Crippen LogP contribution in [-0.4, -0.2) is 38.0 Å². The van der Waals surface area contributed by atoms with Crippen molar-refractivity contribution in [3.05, 3.63) is 0 Å². The zero-order valence-corrected chi connectivity index (χ0v) is 10.4. The van der Waals surface area contributed by atoms with Gasteiger partial charge in [-0.1, -0.05) is 0 Å². The molecule has 0 aliphatic carbocycles. The largest absolute Gasteiger partial charge is 0.356 e. The highest BCUT2D eigenvalue weighted by molar-refractivity contribution is 5.84. The normalized spacial score (nSPS) is 16.1. The van der Waals surface area contributed by atoms with Crippen LogP contribution in [0.1, 0.15) is 27.2 Å². The number of carbonyl (C=O) groups excluding carboxylic acids is 1. The van der Waals surface area contributed by atoms with Crippen LogP contribution in [0.15, 0.2) is 4.99 Å². The Balaban J connectivity index is 2.40. The predicted molar refractivity (Wildman–Crippen MR) is 65.4 cm³/mol. The van der Waals surface area contributed by atoms with Gasteiger partial charge in [0.05, 0.1) is 5.41 Å². The quantitative estimate of drug-likeness (QED) is 0.636. The van der Waals surface area contributed by atoms with Crippen LogP contribution in [0.3, 0.4) is 0 Å². The van der Waals surface area contributed by atoms with Crippen LogP contribution in [0, 0.1) is 5.41 Å². The maximum absolute atomic E-state index is 11.7. The second-order valence-corrected chi connectivity index (χ2v) is 4.61. The topological polar surface area (TPSA) is 65.5 Å². The van der Waals surface area contributed by atoms with Crippen LogP contribution >= 0.6 is 0 Å². The van der Waals surface area contributed by atoms with E-state index in [9.17, 15) is 4.79 Å². The molecule has 0 radical (unpaired) electrons. The minimum Gasteiger partial charge on any atom is -0.356 e. The molecule has 92 valence electrons. The zero-order valence-electron chi connectivity index (χ0n) is 10.4. The summed E-state index contributed by atoms with van der Waals surface area (Å²) in [6, 6.07) is 0. The van der Waals surface area contributed by atoms with Crippen molar-refractivity contribution in [3.8, 4) is 0 Å². The molecule has 0 saturated carbocycles. The number of aliphatic imine (C=N–C) groups is 1. The van der Waals surface area contributed by atoms with Gasteiger partial charge in [-0.05, 0) is 27.2 Å². The lowest BCUT2D eigenvalue weighted by molar-refractivity contribution is -0.128. The molecule has 3 N–H and O–H groups in total. The molecule has 5 heteroatoms. The Morgan fingerprint density at radius 1 is 1.56 bits per heavy atom. The van der Waals surface area contributed by atoms with E-state index in [-0.39, 0.29) is 5.91 Å². The predicted octanol–water partition coefficient (Wildman–Crippen LogP) is 0.0876. The van der Waals surface area contributed by atoms with Gasteiger partial charge in [-0.15, -0.1) is 0 Å². The fourth-order valence-electron chi connectivity index (χ4n) is 1.44. The van der Waals surface area contributed by atoms with E-state index in [2.05, 4.69) is 20.9 Å². The summed E-state index contributed by atoms with van der Waals surface area (Å²) in [5.74, 6) is 0.877. The summed E-state index contributed by atoms with van der Waals surface area (Å²) in [5.41, 5.74) is -0.419. The summed E-state index contributed by atoms with van der Waals surface area (Å²) in [4.78, 5) is 16.0. The zero-order chi connectivity index (χ0) is 12.0. The summed E-state index contributed by atoms with van der Waals surface area (Å²) >= 11 is 0. The highest BCUT2D eigenvalue weighted by Gasteiger charge is 2.27. The summed E-state index contributed by atoms with van der Waals surface area (Å²) in [6.45, 7) is 8.84. The molecule has 1 aliphatic rings. The number of amides is 1. The lowest BCUT2D eigenvalue weighted by atomic mass is 9.92. The van der Waals surface area contributed by atoms with Crippen LogP contribution in [-0.2, 0) is 4.79 Å². The molecular weight excluding hydrogens is 204 g/mol. The first-order valence-electron chi connectivity index (χ1n) is 5.87. The van der Waals surface area contributed by atoms with Gasteiger partial charge >= 0.3 is 0 Å². The Bertz CT molecular complexity index is 273. The van der Waals surface area contributed by atoms with Crippen molar-refractivity contribution in [2.24, 2.45) is 10.4 Å². The third kappa shape index (κ3) is 3.72. The Labute approximate surface area is 97.1 Å². The first-order valence-corrected chi connectivity index (χ1v) is 5.87. The lowest BCUT2D eigenvalue weighted by Gasteiger charge is -2.25. The molecule has 0 atom stereocenters. The molecule has 0 aromatic carbocycles. The van der Waals surface area contributed by atoms with E-state index < -0.39 is 5.41 Å². The van der Waals surface area contributed by atoms with E-state index >= 15 is 0 Å². The van der Waals surface area contributed by atoms with Crippen LogP contribution in [0.5, 0.6) is 0 Å². The maximum Gasteiger partial charge on any atom is 0.227 e. The molecule has 1 rings (SSSR count). The highest BCUT2D eigenvalue weighted by atomic mass is 16.2. The van der Waals surface area contributed by atoms with Gasteiger partial charge in [0.2, 0.25) is 5.91 Å². The fraction of sp³-hybridized carbons (Fsp3) is 0.818. The van der Waals surface area contributed by atoms with Gasteiger partial charge < -0.3 is 16.0 Å².